The fourth-order valence-corrected chi connectivity index (χ4v) is 19.9. The van der Waals surface area contributed by atoms with Crippen LogP contribution in [0, 0.1) is 40.4 Å². The minimum absolute atomic E-state index is 0. The van der Waals surface area contributed by atoms with E-state index in [4.69, 9.17) is 54.8 Å². The number of rotatable bonds is 28. The molecule has 5 aromatic carbocycles. The van der Waals surface area contributed by atoms with Gasteiger partial charge in [-0.05, 0) is 284 Å². The Bertz CT molecular complexity index is 4320. The van der Waals surface area contributed by atoms with Crippen LogP contribution in [0.25, 0.3) is 0 Å². The lowest BCUT2D eigenvalue weighted by Crippen LogP contribution is -2.54. The molecule has 0 saturated heterocycles. The van der Waals surface area contributed by atoms with Crippen LogP contribution in [0.5, 0.6) is 0 Å². The summed E-state index contributed by atoms with van der Waals surface area (Å²) in [4.78, 5) is 120. The van der Waals surface area contributed by atoms with Gasteiger partial charge in [0.25, 0.3) is 6.47 Å². The molecule has 674 valence electrons. The van der Waals surface area contributed by atoms with Gasteiger partial charge in [0.1, 0.15) is 24.6 Å². The highest BCUT2D eigenvalue weighted by molar-refractivity contribution is 5.98. The number of ether oxygens (including phenoxy) is 7. The van der Waals surface area contributed by atoms with Gasteiger partial charge in [-0.25, -0.2) is 19.2 Å². The molecule has 11 rings (SSSR count). The number of carbonyl (C=O) groups excluding carboxylic acids is 8. The van der Waals surface area contributed by atoms with Crippen LogP contribution in [0.3, 0.4) is 0 Å². The first-order valence-electron chi connectivity index (χ1n) is 43.7. The standard InChI is InChI=1S/C34H50O10.C26H38O3.C24H32O6.C8H12N2.C6H8N2.CH4/c1-21(2)18-40-31(37)43-29(35)12-15-39-30(36)26-17-27-24(16-25(26)23(5)6)10-11-28-33(7,13-9-14-34(27,28)8)20-42-44-32(38)41-19-22(3)4;1-17(2)20-15-19-10-11-24-25(4,18(3)27)12-8-13-26(24,5)22(19)16-21(20)23(28)9-7-14-29-6;1-15(2)17-12-16-6-7-20-23(3,9-5-10-24(20,4)30-14-25)19(16)13-18(17)22(28)29-11-8-21(26)27;1-9-7-3-5-8(10-2)6-4-7;7-5-1-2-6(8)4-3-5;/h16-17,21-23,28H,9-15,18-20H2,1-8H3;15-17,24H,7-14H2,1-6H3;12-15,20H,5-11H2,1-4H3,(H,26,27);3-6,9-10H,1-2H3;1-4H,7-8H2;1H4. The molecule has 3 saturated carbocycles. The van der Waals surface area contributed by atoms with Crippen LogP contribution in [0.15, 0.2) is 84.9 Å². The number of Topliss-reactive ketones (excluding diaryl/α,β-unsaturated/α-hetero) is 2. The summed E-state index contributed by atoms with van der Waals surface area (Å²) in [5.74, 6) is -0.663. The number of carbonyl (C=O) groups is 9. The molecule has 23 heteroatoms. The number of nitrogens with two attached hydrogens (primary N) is 2. The number of fused-ring (bicyclic) bond motifs is 9. The van der Waals surface area contributed by atoms with E-state index >= 15 is 0 Å². The number of carboxylic acids is 1. The monoisotopic (exact) mass is 1690 g/mol. The van der Waals surface area contributed by atoms with Crippen LogP contribution in [-0.4, -0.2) is 126 Å². The Hall–Kier alpha value is -9.35. The number of nitrogen functional groups attached to an aromatic ring is 2. The van der Waals surface area contributed by atoms with E-state index in [1.807, 2.05) is 113 Å². The second kappa shape index (κ2) is 45.3. The molecule has 0 aromatic heterocycles. The van der Waals surface area contributed by atoms with Crippen LogP contribution in [0.4, 0.5) is 32.3 Å². The van der Waals surface area contributed by atoms with E-state index in [-0.39, 0.29) is 122 Å². The molecule has 0 radical (unpaired) electrons. The second-order valence-corrected chi connectivity index (χ2v) is 37.2. The van der Waals surface area contributed by atoms with Crippen LogP contribution in [-0.2, 0) is 97.6 Å². The molecule has 7 N–H and O–H groups in total. The van der Waals surface area contributed by atoms with Crippen molar-refractivity contribution in [2.24, 2.45) is 40.4 Å². The van der Waals surface area contributed by atoms with Gasteiger partial charge in [-0.3, -0.25) is 28.9 Å². The molecule has 6 aliphatic rings. The van der Waals surface area contributed by atoms with Crippen molar-refractivity contribution in [1.29, 1.82) is 0 Å². The Labute approximate surface area is 726 Å². The quantitative estimate of drug-likeness (QED) is 0.00357. The minimum atomic E-state index is -1.06. The summed E-state index contributed by atoms with van der Waals surface area (Å²) in [6.45, 7) is 36.6. The van der Waals surface area contributed by atoms with E-state index in [1.165, 1.54) is 27.8 Å². The first kappa shape index (κ1) is 101. The van der Waals surface area contributed by atoms with Crippen LogP contribution < -0.4 is 22.1 Å². The maximum Gasteiger partial charge on any atom is 0.540 e. The van der Waals surface area contributed by atoms with Gasteiger partial charge in [-0.1, -0.05) is 142 Å². The number of ketones is 2. The van der Waals surface area contributed by atoms with Crippen LogP contribution in [0.2, 0.25) is 0 Å². The largest absolute Gasteiger partial charge is 0.540 e. The Balaban J connectivity index is 0.000000260. The molecular formula is C99H144N4O19. The number of nitrogens with one attached hydrogen (secondary N) is 2. The smallest absolute Gasteiger partial charge is 0.481 e. The Morgan fingerprint density at radius 2 is 0.934 bits per heavy atom. The summed E-state index contributed by atoms with van der Waals surface area (Å²) in [7, 11) is 5.50. The van der Waals surface area contributed by atoms with Crippen molar-refractivity contribution < 1.29 is 91.2 Å². The van der Waals surface area contributed by atoms with Gasteiger partial charge in [-0.2, -0.15) is 4.89 Å². The number of anilines is 4. The van der Waals surface area contributed by atoms with E-state index in [9.17, 15) is 43.2 Å². The number of hydrogen-bond donors (Lipinski definition) is 5. The molecule has 0 spiro atoms. The topological polar surface area (TPSA) is 333 Å². The maximum absolute atomic E-state index is 13.4. The van der Waals surface area contributed by atoms with Crippen molar-refractivity contribution in [2.45, 2.75) is 287 Å². The Morgan fingerprint density at radius 1 is 0.516 bits per heavy atom. The molecule has 9 atom stereocenters. The Kier molecular flexibility index (Phi) is 37.7. The lowest BCUT2D eigenvalue weighted by molar-refractivity contribution is -0.280. The zero-order valence-electron chi connectivity index (χ0n) is 75.9. The van der Waals surface area contributed by atoms with Gasteiger partial charge in [0, 0.05) is 73.9 Å². The third-order valence-electron chi connectivity index (χ3n) is 26.4. The number of aryl methyl sites for hydroxylation is 3. The summed E-state index contributed by atoms with van der Waals surface area (Å²) in [5.41, 5.74) is 25.4. The predicted molar refractivity (Wildman–Crippen MR) is 479 cm³/mol. The van der Waals surface area contributed by atoms with Gasteiger partial charge in [0.05, 0.1) is 43.8 Å². The molecule has 0 amide bonds. The average Bonchev–Trinajstić information content (AvgIpc) is 0.730. The molecule has 23 nitrogen and oxygen atoms in total. The van der Waals surface area contributed by atoms with E-state index in [0.717, 1.165) is 153 Å². The van der Waals surface area contributed by atoms with Gasteiger partial charge in [0.15, 0.2) is 5.78 Å². The van der Waals surface area contributed by atoms with Crippen molar-refractivity contribution in [3.05, 3.63) is 152 Å². The van der Waals surface area contributed by atoms with Gasteiger partial charge < -0.3 is 60.4 Å². The van der Waals surface area contributed by atoms with Gasteiger partial charge >= 0.3 is 36.2 Å². The summed E-state index contributed by atoms with van der Waals surface area (Å²) in [6, 6.07) is 28.0. The molecule has 3 fully saturated rings. The molecule has 0 bridgehead atoms. The lowest BCUT2D eigenvalue weighted by Gasteiger charge is -2.55. The van der Waals surface area contributed by atoms with Crippen molar-refractivity contribution in [3.63, 3.8) is 0 Å². The highest BCUT2D eigenvalue weighted by atomic mass is 17.2. The summed E-state index contributed by atoms with van der Waals surface area (Å²) in [5, 5.41) is 14.9. The first-order chi connectivity index (χ1) is 57.1. The van der Waals surface area contributed by atoms with E-state index in [1.54, 1.807) is 38.3 Å². The Morgan fingerprint density at radius 3 is 1.38 bits per heavy atom. The number of methoxy groups -OCH3 is 1. The van der Waals surface area contributed by atoms with Crippen molar-refractivity contribution in [3.8, 4) is 0 Å². The summed E-state index contributed by atoms with van der Waals surface area (Å²) < 4.78 is 36.1. The van der Waals surface area contributed by atoms with Crippen LogP contribution in [0.1, 0.15) is 327 Å². The van der Waals surface area contributed by atoms with Crippen molar-refractivity contribution in [1.82, 2.24) is 0 Å². The van der Waals surface area contributed by atoms with Gasteiger partial charge in [0.2, 0.25) is 0 Å². The van der Waals surface area contributed by atoms with Crippen LogP contribution >= 0.6 is 0 Å². The fourth-order valence-electron chi connectivity index (χ4n) is 19.9. The first-order valence-corrected chi connectivity index (χ1v) is 43.7. The third-order valence-corrected chi connectivity index (χ3v) is 26.4. The van der Waals surface area contributed by atoms with Crippen molar-refractivity contribution >= 4 is 77.0 Å². The SMILES string of the molecule is C.CC(C)COC(=O)OOCC1(C)CCCC2(C)c3cc(C(=O)OCCC(=O)OC(=O)OCC(C)C)c(C(C)C)cc3CCC12.CC(C)c1cc2c(cc1C(=O)OCCC(=O)O)C1(C)CCCC(C)(OC=O)C1CC2.CNc1ccc(NC)cc1.COCCCC(=O)c1cc2c(cc1C(C)C)CCC1C(C)(C(C)=O)CCCC21C.Nc1ccc(N)cc1. The number of esters is 3. The summed E-state index contributed by atoms with van der Waals surface area (Å²) in [6.07, 6.45) is 13.4. The predicted octanol–water partition coefficient (Wildman–Crippen LogP) is 21.1. The zero-order chi connectivity index (χ0) is 89.5. The normalized spacial score (nSPS) is 23.1. The number of aliphatic carboxylic acids is 1. The van der Waals surface area contributed by atoms with Crippen molar-refractivity contribution in [2.75, 3.05) is 82.9 Å². The lowest BCUT2D eigenvalue weighted by atomic mass is 9.49. The van der Waals surface area contributed by atoms with E-state index < -0.39 is 41.8 Å². The second-order valence-electron chi connectivity index (χ2n) is 37.2. The molecule has 0 aliphatic heterocycles. The zero-order valence-corrected chi connectivity index (χ0v) is 75.9. The van der Waals surface area contributed by atoms with E-state index in [2.05, 4.69) is 88.1 Å². The molecule has 0 heterocycles. The number of benzene rings is 5. The molecule has 122 heavy (non-hydrogen) atoms. The molecule has 9 unspecified atom stereocenters. The third kappa shape index (κ3) is 25.7. The maximum atomic E-state index is 13.4. The molecular weight excluding hydrogens is 1550 g/mol. The highest BCUT2D eigenvalue weighted by Gasteiger charge is 2.57. The molecule has 6 aliphatic carbocycles. The van der Waals surface area contributed by atoms with Gasteiger partial charge in [-0.15, -0.1) is 0 Å². The summed E-state index contributed by atoms with van der Waals surface area (Å²) >= 11 is 0. The highest BCUT2D eigenvalue weighted by Crippen LogP contribution is 2.61. The van der Waals surface area contributed by atoms with E-state index in [0.29, 0.717) is 48.2 Å². The fraction of sp³-hybridized carbons (Fsp3) is 0.606. The minimum Gasteiger partial charge on any atom is -0.481 e. The number of hydrogen-bond acceptors (Lipinski definition) is 22. The number of carboxylic acid groups (broad SMARTS) is 1. The molecule has 5 aromatic rings. The average molecular weight is 1690 g/mol.